The Bertz CT molecular complexity index is 515. The third-order valence-corrected chi connectivity index (χ3v) is 4.24. The summed E-state index contributed by atoms with van der Waals surface area (Å²) in [5.41, 5.74) is 2.10. The molecular formula is C15H16OS. The predicted octanol–water partition coefficient (Wildman–Crippen LogP) is 4.53. The molecule has 0 aliphatic rings. The fourth-order valence-corrected chi connectivity index (χ4v) is 2.69. The van der Waals surface area contributed by atoms with Gasteiger partial charge in [-0.3, -0.25) is 4.79 Å². The summed E-state index contributed by atoms with van der Waals surface area (Å²) in [6.45, 7) is 6.66. The quantitative estimate of drug-likeness (QED) is 0.710. The summed E-state index contributed by atoms with van der Waals surface area (Å²) in [5.74, 6) is 0. The molecule has 0 saturated heterocycles. The van der Waals surface area contributed by atoms with Crippen LogP contribution in [0, 0.1) is 0 Å². The average molecular weight is 244 g/mol. The fourth-order valence-electron chi connectivity index (χ4n) is 1.62. The third-order valence-electron chi connectivity index (χ3n) is 2.68. The van der Waals surface area contributed by atoms with E-state index in [-0.39, 0.29) is 5.41 Å². The van der Waals surface area contributed by atoms with E-state index in [1.54, 1.807) is 0 Å². The number of thiophene rings is 1. The molecule has 17 heavy (non-hydrogen) atoms. The number of hydrogen-bond donors (Lipinski definition) is 0. The zero-order valence-corrected chi connectivity index (χ0v) is 11.2. The van der Waals surface area contributed by atoms with Gasteiger partial charge in [0, 0.05) is 15.3 Å². The maximum absolute atomic E-state index is 10.6. The molecule has 0 saturated carbocycles. The van der Waals surface area contributed by atoms with Crippen molar-refractivity contribution in [2.24, 2.45) is 0 Å². The van der Waals surface area contributed by atoms with Crippen molar-refractivity contribution in [3.63, 3.8) is 0 Å². The summed E-state index contributed by atoms with van der Waals surface area (Å²) >= 11 is 1.82. The molecule has 1 aromatic carbocycles. The second-order valence-corrected chi connectivity index (χ2v) is 6.24. The predicted molar refractivity (Wildman–Crippen MR) is 73.8 cm³/mol. The Morgan fingerprint density at radius 1 is 1.00 bits per heavy atom. The minimum absolute atomic E-state index is 0.200. The van der Waals surface area contributed by atoms with Gasteiger partial charge in [0.05, 0.1) is 0 Å². The first kappa shape index (κ1) is 12.1. The molecule has 0 radical (unpaired) electrons. The van der Waals surface area contributed by atoms with E-state index >= 15 is 0 Å². The van der Waals surface area contributed by atoms with E-state index in [0.29, 0.717) is 0 Å². The molecule has 0 N–H and O–H groups in total. The molecule has 0 unspecified atom stereocenters. The second kappa shape index (κ2) is 4.46. The fraction of sp³-hybridized carbons (Fsp3) is 0.267. The van der Waals surface area contributed by atoms with Crippen LogP contribution in [-0.4, -0.2) is 6.29 Å². The minimum atomic E-state index is 0.200. The molecule has 0 fully saturated rings. The SMILES string of the molecule is CC(C)(C)c1ccc(-c2ccc(C=O)cc2)s1. The van der Waals surface area contributed by atoms with E-state index in [2.05, 4.69) is 32.9 Å². The van der Waals surface area contributed by atoms with Crippen molar-refractivity contribution in [1.82, 2.24) is 0 Å². The molecule has 2 aromatic rings. The first-order valence-electron chi connectivity index (χ1n) is 5.66. The second-order valence-electron chi connectivity index (χ2n) is 5.15. The van der Waals surface area contributed by atoms with Gasteiger partial charge in [0.1, 0.15) is 6.29 Å². The van der Waals surface area contributed by atoms with E-state index < -0.39 is 0 Å². The van der Waals surface area contributed by atoms with Crippen LogP contribution >= 0.6 is 11.3 Å². The third kappa shape index (κ3) is 2.64. The van der Waals surface area contributed by atoms with E-state index in [0.717, 1.165) is 11.8 Å². The molecule has 1 aromatic heterocycles. The van der Waals surface area contributed by atoms with Crippen molar-refractivity contribution < 1.29 is 4.79 Å². The maximum Gasteiger partial charge on any atom is 0.150 e. The highest BCUT2D eigenvalue weighted by Crippen LogP contribution is 2.34. The summed E-state index contributed by atoms with van der Waals surface area (Å²) in [7, 11) is 0. The molecule has 1 heterocycles. The highest BCUT2D eigenvalue weighted by atomic mass is 32.1. The van der Waals surface area contributed by atoms with Crippen LogP contribution in [0.3, 0.4) is 0 Å². The summed E-state index contributed by atoms with van der Waals surface area (Å²) in [5, 5.41) is 0. The van der Waals surface area contributed by atoms with Gasteiger partial charge in [-0.05, 0) is 23.1 Å². The van der Waals surface area contributed by atoms with Crippen LogP contribution in [0.5, 0.6) is 0 Å². The van der Waals surface area contributed by atoms with Gasteiger partial charge in [-0.25, -0.2) is 0 Å². The molecule has 0 atom stereocenters. The molecule has 1 nitrogen and oxygen atoms in total. The smallest absolute Gasteiger partial charge is 0.150 e. The van der Waals surface area contributed by atoms with Gasteiger partial charge >= 0.3 is 0 Å². The standard InChI is InChI=1S/C15H16OS/c1-15(2,3)14-9-8-13(17-14)12-6-4-11(10-16)5-7-12/h4-10H,1-3H3. The Hall–Kier alpha value is -1.41. The van der Waals surface area contributed by atoms with Gasteiger partial charge in [-0.1, -0.05) is 45.0 Å². The van der Waals surface area contributed by atoms with Gasteiger partial charge in [-0.15, -0.1) is 11.3 Å². The van der Waals surface area contributed by atoms with Crippen LogP contribution in [-0.2, 0) is 5.41 Å². The van der Waals surface area contributed by atoms with E-state index in [1.165, 1.54) is 15.3 Å². The zero-order chi connectivity index (χ0) is 12.5. The molecule has 0 spiro atoms. The lowest BCUT2D eigenvalue weighted by molar-refractivity contribution is 0.112. The van der Waals surface area contributed by atoms with Crippen LogP contribution in [0.4, 0.5) is 0 Å². The first-order valence-corrected chi connectivity index (χ1v) is 6.48. The van der Waals surface area contributed by atoms with Gasteiger partial charge < -0.3 is 0 Å². The Morgan fingerprint density at radius 3 is 2.12 bits per heavy atom. The van der Waals surface area contributed by atoms with Crippen molar-refractivity contribution >= 4 is 17.6 Å². The van der Waals surface area contributed by atoms with Crippen LogP contribution in [0.25, 0.3) is 10.4 Å². The number of carbonyl (C=O) groups excluding carboxylic acids is 1. The van der Waals surface area contributed by atoms with Crippen molar-refractivity contribution in [1.29, 1.82) is 0 Å². The molecule has 2 heteroatoms. The van der Waals surface area contributed by atoms with E-state index in [1.807, 2.05) is 35.6 Å². The summed E-state index contributed by atoms with van der Waals surface area (Å²) in [6, 6.07) is 12.1. The molecule has 88 valence electrons. The van der Waals surface area contributed by atoms with Crippen LogP contribution in [0.1, 0.15) is 36.0 Å². The van der Waals surface area contributed by atoms with Crippen molar-refractivity contribution in [3.05, 3.63) is 46.8 Å². The molecular weight excluding hydrogens is 228 g/mol. The lowest BCUT2D eigenvalue weighted by Crippen LogP contribution is -2.07. The molecule has 0 aliphatic carbocycles. The van der Waals surface area contributed by atoms with Crippen molar-refractivity contribution in [2.45, 2.75) is 26.2 Å². The highest BCUT2D eigenvalue weighted by molar-refractivity contribution is 7.15. The summed E-state index contributed by atoms with van der Waals surface area (Å²) in [6.07, 6.45) is 0.874. The Labute approximate surface area is 106 Å². The number of aldehydes is 1. The number of hydrogen-bond acceptors (Lipinski definition) is 2. The van der Waals surface area contributed by atoms with Crippen molar-refractivity contribution in [3.8, 4) is 10.4 Å². The van der Waals surface area contributed by atoms with Gasteiger partial charge in [0.15, 0.2) is 0 Å². The number of rotatable bonds is 2. The largest absolute Gasteiger partial charge is 0.298 e. The monoisotopic (exact) mass is 244 g/mol. The normalized spacial score (nSPS) is 11.5. The average Bonchev–Trinajstić information content (AvgIpc) is 2.78. The zero-order valence-electron chi connectivity index (χ0n) is 10.4. The lowest BCUT2D eigenvalue weighted by atomic mass is 9.95. The maximum atomic E-state index is 10.6. The van der Waals surface area contributed by atoms with E-state index in [9.17, 15) is 4.79 Å². The Morgan fingerprint density at radius 2 is 1.65 bits per heavy atom. The van der Waals surface area contributed by atoms with Crippen LogP contribution in [0.15, 0.2) is 36.4 Å². The first-order chi connectivity index (χ1) is 8.00. The van der Waals surface area contributed by atoms with Crippen LogP contribution in [0.2, 0.25) is 0 Å². The van der Waals surface area contributed by atoms with Crippen LogP contribution < -0.4 is 0 Å². The summed E-state index contributed by atoms with van der Waals surface area (Å²) < 4.78 is 0. The van der Waals surface area contributed by atoms with Gasteiger partial charge in [0.25, 0.3) is 0 Å². The van der Waals surface area contributed by atoms with Gasteiger partial charge in [-0.2, -0.15) is 0 Å². The van der Waals surface area contributed by atoms with E-state index in [4.69, 9.17) is 0 Å². The highest BCUT2D eigenvalue weighted by Gasteiger charge is 2.16. The topological polar surface area (TPSA) is 17.1 Å². The molecule has 0 aliphatic heterocycles. The number of carbonyl (C=O) groups is 1. The lowest BCUT2D eigenvalue weighted by Gasteiger charge is -2.15. The minimum Gasteiger partial charge on any atom is -0.298 e. The molecule has 2 rings (SSSR count). The summed E-state index contributed by atoms with van der Waals surface area (Å²) in [4.78, 5) is 13.2. The Kier molecular flexibility index (Phi) is 3.16. The molecule has 0 bridgehead atoms. The van der Waals surface area contributed by atoms with Crippen molar-refractivity contribution in [2.75, 3.05) is 0 Å². The number of benzene rings is 1. The molecule has 0 amide bonds. The van der Waals surface area contributed by atoms with Gasteiger partial charge in [0.2, 0.25) is 0 Å². The Balaban J connectivity index is 2.33.